The maximum Gasteiger partial charge on any atom is 0.294 e. The topological polar surface area (TPSA) is 64.7 Å². The summed E-state index contributed by atoms with van der Waals surface area (Å²) in [6, 6.07) is -0.852. The van der Waals surface area contributed by atoms with E-state index in [1.165, 1.54) is 0 Å². The van der Waals surface area contributed by atoms with Gasteiger partial charge in [-0.15, -0.1) is 0 Å². The van der Waals surface area contributed by atoms with Gasteiger partial charge in [-0.25, -0.2) is 0 Å². The molecule has 8 heavy (non-hydrogen) atoms. The normalized spacial score (nSPS) is 25.2. The van der Waals surface area contributed by atoms with E-state index in [0.717, 1.165) is 12.8 Å². The van der Waals surface area contributed by atoms with Crippen LogP contribution in [0.25, 0.3) is 0 Å². The molecule has 1 radical (unpaired) electrons. The number of nitro groups is 1. The molecule has 0 aromatic carbocycles. The van der Waals surface area contributed by atoms with Gasteiger partial charge in [0.1, 0.15) is 6.21 Å². The predicted octanol–water partition coefficient (Wildman–Crippen LogP) is -0.191. The summed E-state index contributed by atoms with van der Waals surface area (Å²) < 4.78 is 0. The predicted molar refractivity (Wildman–Crippen MR) is 24.7 cm³/mol. The van der Waals surface area contributed by atoms with Gasteiger partial charge in [0.2, 0.25) is 6.61 Å². The summed E-state index contributed by atoms with van der Waals surface area (Å²) in [6.45, 7) is 1.06. The van der Waals surface area contributed by atoms with E-state index < -0.39 is 11.0 Å². The van der Waals surface area contributed by atoms with E-state index in [0.29, 0.717) is 0 Å². The second-order valence-electron chi connectivity index (χ2n) is 1.27. The average Bonchev–Trinajstić information content (AvgIpc) is 2.12. The lowest BCUT2D eigenvalue weighted by molar-refractivity contribution is -0.495. The third-order valence-corrected chi connectivity index (χ3v) is 0.718. The van der Waals surface area contributed by atoms with E-state index in [9.17, 15) is 10.1 Å². The average molecular weight is 115 g/mol. The number of hydrogen-bond donors (Lipinski definition) is 0. The number of nitrogens with zero attached hydrogens (tertiary/aromatic N) is 2. The van der Waals surface area contributed by atoms with Gasteiger partial charge in [0.15, 0.2) is 0 Å². The van der Waals surface area contributed by atoms with Crippen LogP contribution in [0.1, 0.15) is 0 Å². The third-order valence-electron chi connectivity index (χ3n) is 0.718. The van der Waals surface area contributed by atoms with Crippen LogP contribution in [0.4, 0.5) is 0 Å². The minimum atomic E-state index is -0.852. The van der Waals surface area contributed by atoms with E-state index in [-0.39, 0.29) is 0 Å². The summed E-state index contributed by atoms with van der Waals surface area (Å²) in [6.07, 6.45) is 1.12. The number of hydrogen-bond acceptors (Lipinski definition) is 4. The van der Waals surface area contributed by atoms with Gasteiger partial charge in [-0.2, -0.15) is 0 Å². The molecule has 0 saturated carbocycles. The van der Waals surface area contributed by atoms with E-state index in [1.807, 2.05) is 0 Å². The molecular weight excluding hydrogens is 112 g/mol. The van der Waals surface area contributed by atoms with Gasteiger partial charge in [-0.3, -0.25) is 10.1 Å². The van der Waals surface area contributed by atoms with Crippen LogP contribution in [0.2, 0.25) is 0 Å². The molecule has 0 aromatic heterocycles. The minimum absolute atomic E-state index is 0.490. The van der Waals surface area contributed by atoms with Crippen LogP contribution in [0, 0.1) is 16.7 Å². The lowest BCUT2D eigenvalue weighted by Gasteiger charge is -1.89. The first kappa shape index (κ1) is 5.02. The summed E-state index contributed by atoms with van der Waals surface area (Å²) in [5.41, 5.74) is 0. The highest BCUT2D eigenvalue weighted by Crippen LogP contribution is 2.01. The van der Waals surface area contributed by atoms with Crippen molar-refractivity contribution in [2.45, 2.75) is 6.04 Å². The lowest BCUT2D eigenvalue weighted by Crippen LogP contribution is -2.17. The van der Waals surface area contributed by atoms with Crippen molar-refractivity contribution >= 4 is 6.21 Å². The van der Waals surface area contributed by atoms with Gasteiger partial charge < -0.3 is 4.84 Å². The molecule has 1 atom stereocenters. The van der Waals surface area contributed by atoms with Crippen LogP contribution < -0.4 is 0 Å². The van der Waals surface area contributed by atoms with Crippen molar-refractivity contribution in [3.05, 3.63) is 16.7 Å². The molecule has 1 aliphatic heterocycles. The lowest BCUT2D eigenvalue weighted by atomic mass is 10.4. The highest BCUT2D eigenvalue weighted by atomic mass is 16.7. The molecule has 43 valence electrons. The van der Waals surface area contributed by atoms with Crippen molar-refractivity contribution in [1.29, 1.82) is 0 Å². The molecule has 5 nitrogen and oxygen atoms in total. The van der Waals surface area contributed by atoms with Gasteiger partial charge in [0.25, 0.3) is 6.04 Å². The monoisotopic (exact) mass is 115 g/mol. The fraction of sp³-hybridized carbons (Fsp3) is 0.333. The Hall–Kier alpha value is -1.13. The SMILES string of the molecule is O=[N+]([O-])C1[CH]ON=C1. The van der Waals surface area contributed by atoms with Gasteiger partial charge in [-0.05, 0) is 0 Å². The first-order valence-corrected chi connectivity index (χ1v) is 1.97. The molecule has 1 heterocycles. The van der Waals surface area contributed by atoms with Crippen molar-refractivity contribution in [2.75, 3.05) is 0 Å². The Morgan fingerprint density at radius 3 is 2.88 bits per heavy atom. The molecule has 0 bridgehead atoms. The molecule has 0 N–H and O–H groups in total. The Morgan fingerprint density at radius 1 is 1.88 bits per heavy atom. The molecule has 1 rings (SSSR count). The molecular formula is C3H3N2O3. The Morgan fingerprint density at radius 2 is 2.62 bits per heavy atom. The maximum absolute atomic E-state index is 9.80. The standard InChI is InChI=1S/C3H3N2O3/c6-5(7)3-1-4-8-2-3/h1-3H. The summed E-state index contributed by atoms with van der Waals surface area (Å²) in [7, 11) is 0. The summed E-state index contributed by atoms with van der Waals surface area (Å²) in [5.74, 6) is 0. The molecule has 5 heteroatoms. The van der Waals surface area contributed by atoms with E-state index in [4.69, 9.17) is 0 Å². The van der Waals surface area contributed by atoms with Gasteiger partial charge in [0, 0.05) is 4.92 Å². The first-order valence-electron chi connectivity index (χ1n) is 1.97. The van der Waals surface area contributed by atoms with E-state index in [2.05, 4.69) is 9.99 Å². The van der Waals surface area contributed by atoms with Crippen molar-refractivity contribution in [2.24, 2.45) is 5.16 Å². The van der Waals surface area contributed by atoms with Crippen molar-refractivity contribution in [1.82, 2.24) is 0 Å². The Kier molecular flexibility index (Phi) is 1.11. The quantitative estimate of drug-likeness (QED) is 0.351. The van der Waals surface area contributed by atoms with Crippen LogP contribution in [0.5, 0.6) is 0 Å². The second-order valence-corrected chi connectivity index (χ2v) is 1.27. The fourth-order valence-corrected chi connectivity index (χ4v) is 0.334. The summed E-state index contributed by atoms with van der Waals surface area (Å²) in [4.78, 5) is 13.5. The molecule has 1 aliphatic rings. The van der Waals surface area contributed by atoms with Crippen LogP contribution >= 0.6 is 0 Å². The summed E-state index contributed by atoms with van der Waals surface area (Å²) in [5, 5.41) is 13.0. The largest absolute Gasteiger partial charge is 0.380 e. The van der Waals surface area contributed by atoms with Crippen molar-refractivity contribution in [3.63, 3.8) is 0 Å². The smallest absolute Gasteiger partial charge is 0.294 e. The van der Waals surface area contributed by atoms with Crippen LogP contribution in [-0.4, -0.2) is 17.2 Å². The van der Waals surface area contributed by atoms with Crippen molar-refractivity contribution in [3.8, 4) is 0 Å². The Bertz CT molecular complexity index is 132. The zero-order chi connectivity index (χ0) is 5.98. The Balaban J connectivity index is 2.48. The van der Waals surface area contributed by atoms with Crippen molar-refractivity contribution < 1.29 is 9.76 Å². The summed E-state index contributed by atoms with van der Waals surface area (Å²) >= 11 is 0. The highest BCUT2D eigenvalue weighted by molar-refractivity contribution is 5.64. The second kappa shape index (κ2) is 1.77. The fourth-order valence-electron chi connectivity index (χ4n) is 0.334. The zero-order valence-corrected chi connectivity index (χ0v) is 3.85. The molecule has 1 unspecified atom stereocenters. The van der Waals surface area contributed by atoms with E-state index >= 15 is 0 Å². The molecule has 0 saturated heterocycles. The number of rotatable bonds is 1. The highest BCUT2D eigenvalue weighted by Gasteiger charge is 2.23. The number of oxime groups is 1. The Labute approximate surface area is 45.1 Å². The molecule has 0 spiro atoms. The minimum Gasteiger partial charge on any atom is -0.380 e. The van der Waals surface area contributed by atoms with Crippen LogP contribution in [0.15, 0.2) is 5.16 Å². The molecule has 0 fully saturated rings. The van der Waals surface area contributed by atoms with Gasteiger partial charge in [0.05, 0.1) is 0 Å². The van der Waals surface area contributed by atoms with Crippen LogP contribution in [-0.2, 0) is 4.84 Å². The van der Waals surface area contributed by atoms with Gasteiger partial charge >= 0.3 is 0 Å². The maximum atomic E-state index is 9.80. The molecule has 0 aromatic rings. The molecule has 0 amide bonds. The third kappa shape index (κ3) is 0.749. The van der Waals surface area contributed by atoms with Gasteiger partial charge in [-0.1, -0.05) is 5.16 Å². The van der Waals surface area contributed by atoms with Crippen LogP contribution in [0.3, 0.4) is 0 Å². The first-order chi connectivity index (χ1) is 3.80. The molecule has 0 aliphatic carbocycles. The van der Waals surface area contributed by atoms with E-state index in [1.54, 1.807) is 0 Å². The zero-order valence-electron chi connectivity index (χ0n) is 3.85.